The van der Waals surface area contributed by atoms with E-state index in [-0.39, 0.29) is 0 Å². The molecule has 3 heterocycles. The van der Waals surface area contributed by atoms with Crippen LogP contribution in [-0.4, -0.2) is 40.0 Å². The first-order valence-electron chi connectivity index (χ1n) is 7.40. The van der Waals surface area contributed by atoms with Crippen LogP contribution < -0.4 is 11.1 Å². The van der Waals surface area contributed by atoms with E-state index in [0.29, 0.717) is 17.9 Å². The van der Waals surface area contributed by atoms with E-state index in [4.69, 9.17) is 5.73 Å². The molecule has 5 heteroatoms. The zero-order chi connectivity index (χ0) is 13.2. The summed E-state index contributed by atoms with van der Waals surface area (Å²) >= 11 is 0. The monoisotopic (exact) mass is 261 g/mol. The molecule has 0 bridgehead atoms. The second kappa shape index (κ2) is 5.33. The van der Waals surface area contributed by atoms with Crippen LogP contribution in [0.5, 0.6) is 0 Å². The van der Waals surface area contributed by atoms with Crippen molar-refractivity contribution in [1.82, 2.24) is 14.9 Å². The lowest BCUT2D eigenvalue weighted by molar-refractivity contribution is 0.192. The average molecular weight is 261 g/mol. The van der Waals surface area contributed by atoms with E-state index in [1.165, 1.54) is 38.8 Å². The van der Waals surface area contributed by atoms with Gasteiger partial charge in [-0.05, 0) is 25.8 Å². The second-order valence-electron chi connectivity index (χ2n) is 5.59. The molecule has 3 rings (SSSR count). The number of rotatable bonds is 3. The molecule has 2 aliphatic heterocycles. The summed E-state index contributed by atoms with van der Waals surface area (Å²) in [6, 6.07) is 3.04. The van der Waals surface area contributed by atoms with Crippen molar-refractivity contribution in [3.05, 3.63) is 11.9 Å². The summed E-state index contributed by atoms with van der Waals surface area (Å²) in [6.45, 7) is 4.52. The van der Waals surface area contributed by atoms with Gasteiger partial charge in [-0.2, -0.15) is 0 Å². The van der Waals surface area contributed by atoms with E-state index in [1.807, 2.05) is 6.07 Å². The Hall–Kier alpha value is -1.36. The van der Waals surface area contributed by atoms with Crippen molar-refractivity contribution in [3.63, 3.8) is 0 Å². The summed E-state index contributed by atoms with van der Waals surface area (Å²) in [4.78, 5) is 11.4. The van der Waals surface area contributed by atoms with Gasteiger partial charge in [0.2, 0.25) is 0 Å². The maximum atomic E-state index is 5.84. The molecule has 1 aromatic rings. The Bertz CT molecular complexity index is 447. The largest absolute Gasteiger partial charge is 0.384 e. The summed E-state index contributed by atoms with van der Waals surface area (Å²) in [5.74, 6) is 2.27. The molecule has 19 heavy (non-hydrogen) atoms. The highest BCUT2D eigenvalue weighted by Gasteiger charge is 2.35. The van der Waals surface area contributed by atoms with Crippen molar-refractivity contribution in [1.29, 1.82) is 0 Å². The lowest BCUT2D eigenvalue weighted by atomic mass is 9.99. The van der Waals surface area contributed by atoms with E-state index < -0.39 is 0 Å². The van der Waals surface area contributed by atoms with Crippen LogP contribution in [0.4, 0.5) is 11.6 Å². The van der Waals surface area contributed by atoms with Crippen molar-refractivity contribution in [2.45, 2.75) is 51.1 Å². The van der Waals surface area contributed by atoms with E-state index in [9.17, 15) is 0 Å². The van der Waals surface area contributed by atoms with Crippen molar-refractivity contribution in [2.75, 3.05) is 24.1 Å². The molecule has 0 aromatic carbocycles. The third-order valence-electron chi connectivity index (χ3n) is 4.30. The van der Waals surface area contributed by atoms with Crippen molar-refractivity contribution in [3.8, 4) is 0 Å². The first kappa shape index (κ1) is 12.7. The Morgan fingerprint density at radius 1 is 1.32 bits per heavy atom. The number of nitrogens with zero attached hydrogens (tertiary/aromatic N) is 3. The van der Waals surface area contributed by atoms with Crippen LogP contribution in [0, 0.1) is 0 Å². The van der Waals surface area contributed by atoms with Gasteiger partial charge in [0.1, 0.15) is 17.5 Å². The van der Waals surface area contributed by atoms with E-state index >= 15 is 0 Å². The van der Waals surface area contributed by atoms with Gasteiger partial charge in [0.05, 0.1) is 0 Å². The van der Waals surface area contributed by atoms with Crippen LogP contribution in [0.3, 0.4) is 0 Å². The summed E-state index contributed by atoms with van der Waals surface area (Å²) in [6.07, 6.45) is 6.03. The molecule has 1 aromatic heterocycles. The Labute approximate surface area is 114 Å². The van der Waals surface area contributed by atoms with Gasteiger partial charge in [-0.1, -0.05) is 13.3 Å². The normalized spacial score (nSPS) is 27.2. The number of nitrogens with two attached hydrogens (primary N) is 1. The van der Waals surface area contributed by atoms with Gasteiger partial charge in [0.25, 0.3) is 0 Å². The minimum Gasteiger partial charge on any atom is -0.384 e. The molecule has 0 radical (unpaired) electrons. The maximum absolute atomic E-state index is 5.84. The minimum atomic E-state index is 0.513. The molecule has 104 valence electrons. The van der Waals surface area contributed by atoms with Crippen molar-refractivity contribution >= 4 is 11.6 Å². The standard InChI is InChI=1S/C14H23N5/c1-2-13-17-12(15)9-14(18-13)16-10-6-8-19-7-4-3-5-11(10)19/h9-11H,2-8H2,1H3,(H3,15,16,17,18). The van der Waals surface area contributed by atoms with Crippen LogP contribution >= 0.6 is 0 Å². The first-order chi connectivity index (χ1) is 9.26. The zero-order valence-corrected chi connectivity index (χ0v) is 11.6. The van der Waals surface area contributed by atoms with Crippen molar-refractivity contribution < 1.29 is 0 Å². The lowest BCUT2D eigenvalue weighted by Crippen LogP contribution is -2.41. The van der Waals surface area contributed by atoms with Crippen molar-refractivity contribution in [2.24, 2.45) is 0 Å². The van der Waals surface area contributed by atoms with Gasteiger partial charge in [-0.15, -0.1) is 0 Å². The number of fused-ring (bicyclic) bond motifs is 1. The number of anilines is 2. The first-order valence-corrected chi connectivity index (χ1v) is 7.40. The predicted octanol–water partition coefficient (Wildman–Crippen LogP) is 1.66. The van der Waals surface area contributed by atoms with Crippen LogP contribution in [0.15, 0.2) is 6.07 Å². The molecular weight excluding hydrogens is 238 g/mol. The Morgan fingerprint density at radius 3 is 3.05 bits per heavy atom. The fourth-order valence-corrected chi connectivity index (χ4v) is 3.36. The molecule has 2 unspecified atom stereocenters. The number of piperidine rings is 1. The highest BCUT2D eigenvalue weighted by atomic mass is 15.2. The molecule has 0 aliphatic carbocycles. The van der Waals surface area contributed by atoms with Crippen LogP contribution in [0.25, 0.3) is 0 Å². The quantitative estimate of drug-likeness (QED) is 0.866. The Kier molecular flexibility index (Phi) is 3.55. The molecule has 5 nitrogen and oxygen atoms in total. The molecule has 2 saturated heterocycles. The van der Waals surface area contributed by atoms with E-state index in [1.54, 1.807) is 0 Å². The molecule has 2 aliphatic rings. The molecule has 0 saturated carbocycles. The van der Waals surface area contributed by atoms with Gasteiger partial charge in [-0.25, -0.2) is 9.97 Å². The maximum Gasteiger partial charge on any atom is 0.132 e. The molecule has 0 spiro atoms. The minimum absolute atomic E-state index is 0.513. The van der Waals surface area contributed by atoms with Gasteiger partial charge in [0, 0.05) is 31.1 Å². The molecule has 2 atom stereocenters. The van der Waals surface area contributed by atoms with Gasteiger partial charge in [-0.3, -0.25) is 4.90 Å². The van der Waals surface area contributed by atoms with E-state index in [2.05, 4.69) is 27.1 Å². The number of nitrogen functional groups attached to an aromatic ring is 1. The SMILES string of the molecule is CCc1nc(N)cc(NC2CCN3CCCCC23)n1. The predicted molar refractivity (Wildman–Crippen MR) is 77.1 cm³/mol. The van der Waals surface area contributed by atoms with Gasteiger partial charge >= 0.3 is 0 Å². The highest BCUT2D eigenvalue weighted by Crippen LogP contribution is 2.29. The number of nitrogens with one attached hydrogen (secondary N) is 1. The van der Waals surface area contributed by atoms with Gasteiger partial charge in [0.15, 0.2) is 0 Å². The highest BCUT2D eigenvalue weighted by molar-refractivity contribution is 5.45. The van der Waals surface area contributed by atoms with Gasteiger partial charge < -0.3 is 11.1 Å². The third kappa shape index (κ3) is 2.66. The molecule has 0 amide bonds. The molecule has 3 N–H and O–H groups in total. The molecule has 2 fully saturated rings. The fourth-order valence-electron chi connectivity index (χ4n) is 3.36. The summed E-state index contributed by atoms with van der Waals surface area (Å²) < 4.78 is 0. The topological polar surface area (TPSA) is 67.1 Å². The van der Waals surface area contributed by atoms with Crippen LogP contribution in [0.1, 0.15) is 38.4 Å². The lowest BCUT2D eigenvalue weighted by Gasteiger charge is -2.32. The summed E-state index contributed by atoms with van der Waals surface area (Å²) in [5, 5.41) is 3.58. The Balaban J connectivity index is 1.72. The number of hydrogen-bond acceptors (Lipinski definition) is 5. The third-order valence-corrected chi connectivity index (χ3v) is 4.30. The molecular formula is C14H23N5. The zero-order valence-electron chi connectivity index (χ0n) is 11.6. The second-order valence-corrected chi connectivity index (χ2v) is 5.59. The Morgan fingerprint density at radius 2 is 2.21 bits per heavy atom. The average Bonchev–Trinajstić information content (AvgIpc) is 2.82. The smallest absolute Gasteiger partial charge is 0.132 e. The van der Waals surface area contributed by atoms with Crippen LogP contribution in [0.2, 0.25) is 0 Å². The fraction of sp³-hybridized carbons (Fsp3) is 0.714. The van der Waals surface area contributed by atoms with E-state index in [0.717, 1.165) is 18.1 Å². The number of aromatic nitrogens is 2. The summed E-state index contributed by atoms with van der Waals surface area (Å²) in [7, 11) is 0. The van der Waals surface area contributed by atoms with Crippen LogP contribution in [-0.2, 0) is 6.42 Å². The number of hydrogen-bond donors (Lipinski definition) is 2. The summed E-state index contributed by atoms with van der Waals surface area (Å²) in [5.41, 5.74) is 5.84. The number of aryl methyl sites for hydroxylation is 1.